The zero-order chi connectivity index (χ0) is 23.2. The first kappa shape index (κ1) is 24.6. The van der Waals surface area contributed by atoms with E-state index in [-0.39, 0.29) is 37.1 Å². The highest BCUT2D eigenvalue weighted by atomic mass is 19.4. The van der Waals surface area contributed by atoms with Crippen molar-refractivity contribution in [3.63, 3.8) is 0 Å². The van der Waals surface area contributed by atoms with Gasteiger partial charge in [0.1, 0.15) is 0 Å². The lowest BCUT2D eigenvalue weighted by Gasteiger charge is -2.30. The monoisotopic (exact) mass is 448 g/mol. The lowest BCUT2D eigenvalue weighted by molar-refractivity contribution is -0.155. The molecule has 1 saturated heterocycles. The Kier molecular flexibility index (Phi) is 8.01. The molecule has 1 atom stereocenters. The molecule has 1 aliphatic rings. The second-order valence-corrected chi connectivity index (χ2v) is 8.33. The van der Waals surface area contributed by atoms with Crippen LogP contribution in [-0.2, 0) is 20.5 Å². The van der Waals surface area contributed by atoms with E-state index in [4.69, 9.17) is 4.74 Å². The van der Waals surface area contributed by atoms with Gasteiger partial charge in [0.25, 0.3) is 0 Å². The number of hydrogen-bond acceptors (Lipinski definition) is 8. The van der Waals surface area contributed by atoms with Crippen LogP contribution < -0.4 is 15.8 Å². The maximum Gasteiger partial charge on any atom is 0.435 e. The maximum atomic E-state index is 13.5. The Morgan fingerprint density at radius 3 is 2.55 bits per heavy atom. The van der Waals surface area contributed by atoms with Crippen molar-refractivity contribution in [1.29, 1.82) is 0 Å². The number of rotatable bonds is 8. The summed E-state index contributed by atoms with van der Waals surface area (Å²) in [7, 11) is 0. The van der Waals surface area contributed by atoms with Gasteiger partial charge in [0.2, 0.25) is 18.3 Å². The van der Waals surface area contributed by atoms with Crippen molar-refractivity contribution < 1.29 is 32.7 Å². The van der Waals surface area contributed by atoms with E-state index in [1.54, 1.807) is 0 Å². The molecular weight excluding hydrogens is 421 g/mol. The molecule has 174 valence electrons. The summed E-state index contributed by atoms with van der Waals surface area (Å²) in [5.41, 5.74) is 2.94. The van der Waals surface area contributed by atoms with E-state index in [0.29, 0.717) is 24.7 Å². The van der Waals surface area contributed by atoms with Gasteiger partial charge in [-0.2, -0.15) is 13.2 Å². The van der Waals surface area contributed by atoms with Crippen LogP contribution in [0.1, 0.15) is 32.9 Å². The second kappa shape index (κ2) is 10.1. The van der Waals surface area contributed by atoms with Gasteiger partial charge in [-0.25, -0.2) is 15.0 Å². The summed E-state index contributed by atoms with van der Waals surface area (Å²) in [6.07, 6.45) is -3.22. The molecule has 3 N–H and O–H groups in total. The van der Waals surface area contributed by atoms with Crippen LogP contribution in [0.2, 0.25) is 0 Å². The minimum Gasteiger partial charge on any atom is -0.378 e. The van der Waals surface area contributed by atoms with Crippen molar-refractivity contribution >= 4 is 24.0 Å². The standard InChI is InChI=1S/C18H27F3N6O4/c1-17(2,3)8-12(10-27(30)11-28)15(29)24-25-16-22-9-13(14(23-16)18(19,20)21)26-4-6-31-7-5-26/h9,11-12,30H,4-8,10H2,1-3H3,(H,24,29)(H,22,23,25). The first-order chi connectivity index (χ1) is 14.4. The van der Waals surface area contributed by atoms with Crippen LogP contribution >= 0.6 is 0 Å². The fraction of sp³-hybridized carbons (Fsp3) is 0.667. The van der Waals surface area contributed by atoms with Gasteiger partial charge in [-0.05, 0) is 11.8 Å². The Morgan fingerprint density at radius 2 is 2.00 bits per heavy atom. The van der Waals surface area contributed by atoms with Crippen molar-refractivity contribution in [3.05, 3.63) is 11.9 Å². The quantitative estimate of drug-likeness (QED) is 0.312. The molecule has 1 unspecified atom stereocenters. The molecule has 1 aromatic rings. The fourth-order valence-electron chi connectivity index (χ4n) is 3.15. The van der Waals surface area contributed by atoms with E-state index in [1.165, 1.54) is 4.90 Å². The molecular formula is C18H27F3N6O4. The number of hydrogen-bond donors (Lipinski definition) is 3. The van der Waals surface area contributed by atoms with Gasteiger partial charge in [0, 0.05) is 13.1 Å². The number of alkyl halides is 3. The Morgan fingerprint density at radius 1 is 1.35 bits per heavy atom. The largest absolute Gasteiger partial charge is 0.435 e. The topological polar surface area (TPSA) is 120 Å². The van der Waals surface area contributed by atoms with Crippen molar-refractivity contribution in [2.75, 3.05) is 43.2 Å². The van der Waals surface area contributed by atoms with Crippen LogP contribution in [0.4, 0.5) is 24.8 Å². The average Bonchev–Trinajstić information content (AvgIpc) is 2.70. The number of nitrogens with zero attached hydrogens (tertiary/aromatic N) is 4. The predicted octanol–water partition coefficient (Wildman–Crippen LogP) is 1.68. The third-order valence-corrected chi connectivity index (χ3v) is 4.45. The zero-order valence-corrected chi connectivity index (χ0v) is 17.6. The van der Waals surface area contributed by atoms with Gasteiger partial charge in [-0.3, -0.25) is 25.6 Å². The molecule has 10 nitrogen and oxygen atoms in total. The number of aromatic nitrogens is 2. The van der Waals surface area contributed by atoms with Crippen LogP contribution in [-0.4, -0.2) is 65.4 Å². The number of halogens is 3. The maximum absolute atomic E-state index is 13.5. The SMILES string of the molecule is CC(C)(C)CC(CN(O)C=O)C(=O)NNc1ncc(N2CCOCC2)c(C(F)(F)F)n1. The van der Waals surface area contributed by atoms with E-state index < -0.39 is 29.6 Å². The van der Waals surface area contributed by atoms with Gasteiger partial charge in [0.15, 0.2) is 5.69 Å². The molecule has 1 aromatic heterocycles. The van der Waals surface area contributed by atoms with Crippen LogP contribution in [0.5, 0.6) is 0 Å². The Bertz CT molecular complexity index is 766. The highest BCUT2D eigenvalue weighted by Gasteiger charge is 2.38. The molecule has 0 saturated carbocycles. The molecule has 2 rings (SSSR count). The highest BCUT2D eigenvalue weighted by Crippen LogP contribution is 2.35. The highest BCUT2D eigenvalue weighted by molar-refractivity contribution is 5.80. The summed E-state index contributed by atoms with van der Waals surface area (Å²) in [4.78, 5) is 32.1. The van der Waals surface area contributed by atoms with Gasteiger partial charge in [-0.1, -0.05) is 20.8 Å². The molecule has 0 spiro atoms. The van der Waals surface area contributed by atoms with Crippen LogP contribution in [0, 0.1) is 11.3 Å². The van der Waals surface area contributed by atoms with E-state index >= 15 is 0 Å². The Hall–Kier alpha value is -2.67. The first-order valence-electron chi connectivity index (χ1n) is 9.64. The molecule has 2 heterocycles. The van der Waals surface area contributed by atoms with E-state index in [9.17, 15) is 28.0 Å². The van der Waals surface area contributed by atoms with E-state index in [2.05, 4.69) is 20.8 Å². The number of amides is 2. The summed E-state index contributed by atoms with van der Waals surface area (Å²) < 4.78 is 45.8. The van der Waals surface area contributed by atoms with Crippen LogP contribution in [0.15, 0.2) is 6.20 Å². The Labute approximate surface area is 177 Å². The number of nitrogens with one attached hydrogen (secondary N) is 2. The number of hydroxylamine groups is 2. The summed E-state index contributed by atoms with van der Waals surface area (Å²) in [5.74, 6) is -1.90. The van der Waals surface area contributed by atoms with Gasteiger partial charge < -0.3 is 9.64 Å². The minimum atomic E-state index is -4.73. The zero-order valence-electron chi connectivity index (χ0n) is 17.6. The van der Waals surface area contributed by atoms with E-state index in [0.717, 1.165) is 6.20 Å². The van der Waals surface area contributed by atoms with Gasteiger partial charge in [-0.15, -0.1) is 0 Å². The number of carbonyl (C=O) groups excluding carboxylic acids is 2. The molecule has 0 radical (unpaired) electrons. The fourth-order valence-corrected chi connectivity index (χ4v) is 3.15. The molecule has 1 aliphatic heterocycles. The number of morpholine rings is 1. The molecule has 0 bridgehead atoms. The van der Waals surface area contributed by atoms with Crippen molar-refractivity contribution in [2.45, 2.75) is 33.4 Å². The second-order valence-electron chi connectivity index (χ2n) is 8.33. The summed E-state index contributed by atoms with van der Waals surface area (Å²) in [6.45, 7) is 6.47. The molecule has 1 fully saturated rings. The lowest BCUT2D eigenvalue weighted by atomic mass is 9.84. The molecule has 13 heteroatoms. The molecule has 0 aliphatic carbocycles. The number of carbonyl (C=O) groups is 2. The Balaban J connectivity index is 2.15. The van der Waals surface area contributed by atoms with Crippen LogP contribution in [0.25, 0.3) is 0 Å². The lowest BCUT2D eigenvalue weighted by Crippen LogP contribution is -2.42. The summed E-state index contributed by atoms with van der Waals surface area (Å²) in [6, 6.07) is 0. The van der Waals surface area contributed by atoms with Crippen molar-refractivity contribution in [1.82, 2.24) is 20.5 Å². The normalized spacial score (nSPS) is 15.9. The summed E-state index contributed by atoms with van der Waals surface area (Å²) in [5, 5.41) is 9.78. The van der Waals surface area contributed by atoms with Crippen LogP contribution in [0.3, 0.4) is 0 Å². The average molecular weight is 448 g/mol. The minimum absolute atomic E-state index is 0.166. The van der Waals surface area contributed by atoms with E-state index in [1.807, 2.05) is 20.8 Å². The number of ether oxygens (including phenoxy) is 1. The molecule has 0 aromatic carbocycles. The third-order valence-electron chi connectivity index (χ3n) is 4.45. The molecule has 31 heavy (non-hydrogen) atoms. The first-order valence-corrected chi connectivity index (χ1v) is 9.64. The summed E-state index contributed by atoms with van der Waals surface area (Å²) >= 11 is 0. The van der Waals surface area contributed by atoms with Crippen molar-refractivity contribution in [3.8, 4) is 0 Å². The number of hydrazine groups is 1. The smallest absolute Gasteiger partial charge is 0.378 e. The number of anilines is 2. The van der Waals surface area contributed by atoms with Gasteiger partial charge >= 0.3 is 6.18 Å². The predicted molar refractivity (Wildman–Crippen MR) is 104 cm³/mol. The molecule has 2 amide bonds. The van der Waals surface area contributed by atoms with Crippen molar-refractivity contribution in [2.24, 2.45) is 11.3 Å². The third kappa shape index (κ3) is 7.51. The van der Waals surface area contributed by atoms with Gasteiger partial charge in [0.05, 0.1) is 37.6 Å².